The third-order valence-electron chi connectivity index (χ3n) is 3.10. The van der Waals surface area contributed by atoms with Gasteiger partial charge in [0.25, 0.3) is 0 Å². The van der Waals surface area contributed by atoms with Crippen molar-refractivity contribution in [2.24, 2.45) is 0 Å². The van der Waals surface area contributed by atoms with E-state index in [1.165, 1.54) is 11.2 Å². The summed E-state index contributed by atoms with van der Waals surface area (Å²) in [7, 11) is 1.57. The molecule has 2 heterocycles. The number of amides is 2. The number of hydrogen-bond acceptors (Lipinski definition) is 4. The number of carboxylic acids is 1. The first kappa shape index (κ1) is 13.4. The van der Waals surface area contributed by atoms with Crippen molar-refractivity contribution in [2.45, 2.75) is 18.5 Å². The van der Waals surface area contributed by atoms with Crippen molar-refractivity contribution in [1.82, 2.24) is 10.2 Å². The Morgan fingerprint density at radius 2 is 2.37 bits per heavy atom. The van der Waals surface area contributed by atoms with Gasteiger partial charge in [-0.25, -0.2) is 9.59 Å². The van der Waals surface area contributed by atoms with Crippen molar-refractivity contribution in [2.75, 3.05) is 20.3 Å². The number of aliphatic carboxylic acids is 1. The average Bonchev–Trinajstić information content (AvgIpc) is 3.00. The van der Waals surface area contributed by atoms with E-state index in [2.05, 4.69) is 5.32 Å². The van der Waals surface area contributed by atoms with Gasteiger partial charge in [0.05, 0.1) is 19.4 Å². The molecule has 1 aliphatic heterocycles. The summed E-state index contributed by atoms with van der Waals surface area (Å²) in [4.78, 5) is 24.6. The summed E-state index contributed by atoms with van der Waals surface area (Å²) >= 11 is 0. The van der Waals surface area contributed by atoms with Gasteiger partial charge in [-0.05, 0) is 12.1 Å². The molecule has 1 fully saturated rings. The lowest BCUT2D eigenvalue weighted by atomic mass is 9.99. The van der Waals surface area contributed by atoms with Crippen LogP contribution in [0.3, 0.4) is 0 Å². The largest absolute Gasteiger partial charge is 0.479 e. The number of furan rings is 1. The third-order valence-corrected chi connectivity index (χ3v) is 3.10. The zero-order chi connectivity index (χ0) is 13.9. The van der Waals surface area contributed by atoms with Gasteiger partial charge in [-0.15, -0.1) is 0 Å². The first-order valence-corrected chi connectivity index (χ1v) is 5.90. The standard InChI is InChI=1S/C12H16N2O5/c1-14(7-9-3-2-5-19-9)11(17)13-12(10(15)16)4-6-18-8-12/h2-3,5H,4,6-8H2,1H3,(H,13,17)(H,15,16). The van der Waals surface area contributed by atoms with Crippen LogP contribution in [-0.2, 0) is 16.1 Å². The molecule has 1 aromatic rings. The van der Waals surface area contributed by atoms with Crippen molar-refractivity contribution in [1.29, 1.82) is 0 Å². The minimum atomic E-state index is -1.32. The smallest absolute Gasteiger partial charge is 0.332 e. The highest BCUT2D eigenvalue weighted by Crippen LogP contribution is 2.19. The van der Waals surface area contributed by atoms with E-state index in [0.717, 1.165) is 0 Å². The molecule has 2 rings (SSSR count). The Bertz CT molecular complexity index is 451. The lowest BCUT2D eigenvalue weighted by molar-refractivity contribution is -0.144. The fourth-order valence-electron chi connectivity index (χ4n) is 1.89. The van der Waals surface area contributed by atoms with Gasteiger partial charge in [0.1, 0.15) is 5.76 Å². The van der Waals surface area contributed by atoms with Gasteiger partial charge >= 0.3 is 12.0 Å². The Kier molecular flexibility index (Phi) is 3.75. The molecule has 0 saturated carbocycles. The van der Waals surface area contributed by atoms with Crippen LogP contribution in [0.2, 0.25) is 0 Å². The van der Waals surface area contributed by atoms with E-state index < -0.39 is 17.5 Å². The highest BCUT2D eigenvalue weighted by Gasteiger charge is 2.44. The molecule has 1 saturated heterocycles. The van der Waals surface area contributed by atoms with E-state index >= 15 is 0 Å². The van der Waals surface area contributed by atoms with Crippen LogP contribution in [0.15, 0.2) is 22.8 Å². The van der Waals surface area contributed by atoms with Gasteiger partial charge in [-0.1, -0.05) is 0 Å². The van der Waals surface area contributed by atoms with E-state index in [9.17, 15) is 14.7 Å². The molecule has 0 spiro atoms. The van der Waals surface area contributed by atoms with Gasteiger partial charge in [-0.3, -0.25) is 0 Å². The number of carboxylic acid groups (broad SMARTS) is 1. The first-order chi connectivity index (χ1) is 9.03. The van der Waals surface area contributed by atoms with Crippen molar-refractivity contribution in [3.8, 4) is 0 Å². The maximum absolute atomic E-state index is 12.0. The third kappa shape index (κ3) is 2.87. The number of carbonyl (C=O) groups is 2. The molecule has 7 nitrogen and oxygen atoms in total. The van der Waals surface area contributed by atoms with Crippen LogP contribution in [0, 0.1) is 0 Å². The first-order valence-electron chi connectivity index (χ1n) is 5.90. The maximum atomic E-state index is 12.0. The van der Waals surface area contributed by atoms with Gasteiger partial charge in [-0.2, -0.15) is 0 Å². The lowest BCUT2D eigenvalue weighted by Gasteiger charge is -2.27. The fourth-order valence-corrected chi connectivity index (χ4v) is 1.89. The van der Waals surface area contributed by atoms with E-state index in [-0.39, 0.29) is 19.6 Å². The molecule has 0 bridgehead atoms. The van der Waals surface area contributed by atoms with E-state index in [1.54, 1.807) is 19.2 Å². The number of ether oxygens (including phenoxy) is 1. The zero-order valence-electron chi connectivity index (χ0n) is 10.6. The lowest BCUT2D eigenvalue weighted by Crippen LogP contribution is -2.57. The molecule has 0 aromatic carbocycles. The SMILES string of the molecule is CN(Cc1ccco1)C(=O)NC1(C(=O)O)CCOC1. The van der Waals surface area contributed by atoms with Crippen LogP contribution in [0.25, 0.3) is 0 Å². The molecule has 7 heteroatoms. The Balaban J connectivity index is 1.97. The molecular weight excluding hydrogens is 252 g/mol. The van der Waals surface area contributed by atoms with Crippen LogP contribution >= 0.6 is 0 Å². The Morgan fingerprint density at radius 1 is 1.58 bits per heavy atom. The topological polar surface area (TPSA) is 92.0 Å². The second kappa shape index (κ2) is 5.31. The van der Waals surface area contributed by atoms with E-state index in [1.807, 2.05) is 0 Å². The van der Waals surface area contributed by atoms with E-state index in [4.69, 9.17) is 9.15 Å². The molecule has 1 atom stereocenters. The number of hydrogen-bond donors (Lipinski definition) is 2. The van der Waals surface area contributed by atoms with Crippen molar-refractivity contribution in [3.63, 3.8) is 0 Å². The predicted molar refractivity (Wildman–Crippen MR) is 64.5 cm³/mol. The number of carbonyl (C=O) groups excluding carboxylic acids is 1. The van der Waals surface area contributed by atoms with Gasteiger partial charge in [0.2, 0.25) is 0 Å². The normalized spacial score (nSPS) is 22.2. The summed E-state index contributed by atoms with van der Waals surface area (Å²) < 4.78 is 10.2. The van der Waals surface area contributed by atoms with Gasteiger partial charge in [0, 0.05) is 20.1 Å². The monoisotopic (exact) mass is 268 g/mol. The van der Waals surface area contributed by atoms with Crippen molar-refractivity contribution < 1.29 is 23.8 Å². The second-order valence-corrected chi connectivity index (χ2v) is 4.56. The summed E-state index contributed by atoms with van der Waals surface area (Å²) in [5, 5.41) is 11.7. The Morgan fingerprint density at radius 3 is 2.89 bits per heavy atom. The van der Waals surface area contributed by atoms with Crippen molar-refractivity contribution in [3.05, 3.63) is 24.2 Å². The zero-order valence-corrected chi connectivity index (χ0v) is 10.6. The van der Waals surface area contributed by atoms with Crippen LogP contribution in [0.1, 0.15) is 12.2 Å². The molecule has 1 aliphatic rings. The Labute approximate surface area is 110 Å². The van der Waals surface area contributed by atoms with Crippen LogP contribution in [-0.4, -0.2) is 47.8 Å². The highest BCUT2D eigenvalue weighted by molar-refractivity contribution is 5.86. The summed E-state index contributed by atoms with van der Waals surface area (Å²) in [5.74, 6) is -0.450. The molecule has 0 aliphatic carbocycles. The minimum Gasteiger partial charge on any atom is -0.479 e. The summed E-state index contributed by atoms with van der Waals surface area (Å²) in [6.07, 6.45) is 1.79. The molecular formula is C12H16N2O5. The number of nitrogens with one attached hydrogen (secondary N) is 1. The second-order valence-electron chi connectivity index (χ2n) is 4.56. The Hall–Kier alpha value is -2.02. The number of urea groups is 1. The molecule has 1 unspecified atom stereocenters. The van der Waals surface area contributed by atoms with Crippen LogP contribution in [0.5, 0.6) is 0 Å². The molecule has 2 amide bonds. The summed E-state index contributed by atoms with van der Waals surface area (Å²) in [6, 6.07) is 3.00. The molecule has 1 aromatic heterocycles. The van der Waals surface area contributed by atoms with Gasteiger partial charge < -0.3 is 24.5 Å². The quantitative estimate of drug-likeness (QED) is 0.837. The molecule has 2 N–H and O–H groups in total. The summed E-state index contributed by atoms with van der Waals surface area (Å²) in [6.45, 7) is 0.590. The summed E-state index contributed by atoms with van der Waals surface area (Å²) in [5.41, 5.74) is -1.32. The van der Waals surface area contributed by atoms with Crippen LogP contribution < -0.4 is 5.32 Å². The van der Waals surface area contributed by atoms with Gasteiger partial charge in [0.15, 0.2) is 5.54 Å². The number of rotatable bonds is 4. The fraction of sp³-hybridized carbons (Fsp3) is 0.500. The maximum Gasteiger partial charge on any atom is 0.332 e. The molecule has 0 radical (unpaired) electrons. The molecule has 104 valence electrons. The highest BCUT2D eigenvalue weighted by atomic mass is 16.5. The van der Waals surface area contributed by atoms with Crippen molar-refractivity contribution >= 4 is 12.0 Å². The predicted octanol–water partition coefficient (Wildman–Crippen LogP) is 0.665. The van der Waals surface area contributed by atoms with Crippen LogP contribution in [0.4, 0.5) is 4.79 Å². The average molecular weight is 268 g/mol. The minimum absolute atomic E-state index is 0.0112. The number of nitrogens with zero attached hydrogens (tertiary/aromatic N) is 1. The molecule has 19 heavy (non-hydrogen) atoms. The van der Waals surface area contributed by atoms with E-state index in [0.29, 0.717) is 12.4 Å².